The summed E-state index contributed by atoms with van der Waals surface area (Å²) in [5.41, 5.74) is 0.596. The zero-order valence-corrected chi connectivity index (χ0v) is 17.8. The van der Waals surface area contributed by atoms with Crippen molar-refractivity contribution in [1.82, 2.24) is 4.31 Å². The molecule has 1 heterocycles. The molecular weight excluding hydrogens is 416 g/mol. The van der Waals surface area contributed by atoms with E-state index in [9.17, 15) is 13.2 Å². The van der Waals surface area contributed by atoms with Crippen LogP contribution in [0.3, 0.4) is 0 Å². The van der Waals surface area contributed by atoms with Crippen LogP contribution >= 0.6 is 23.4 Å². The van der Waals surface area contributed by atoms with E-state index >= 15 is 0 Å². The second-order valence-corrected chi connectivity index (χ2v) is 10.1. The first-order valence-electron chi connectivity index (χ1n) is 9.23. The van der Waals surface area contributed by atoms with E-state index in [4.69, 9.17) is 11.6 Å². The van der Waals surface area contributed by atoms with Crippen LogP contribution in [0.25, 0.3) is 0 Å². The van der Waals surface area contributed by atoms with Crippen LogP contribution in [0.15, 0.2) is 58.3 Å². The number of anilines is 1. The monoisotopic (exact) mass is 438 g/mol. The van der Waals surface area contributed by atoms with Crippen LogP contribution in [0.2, 0.25) is 5.02 Å². The Labute approximate surface area is 175 Å². The fraction of sp³-hybridized carbons (Fsp3) is 0.350. The summed E-state index contributed by atoms with van der Waals surface area (Å²) in [5.74, 6) is 0.544. The molecule has 1 fully saturated rings. The van der Waals surface area contributed by atoms with Crippen molar-refractivity contribution in [2.45, 2.75) is 35.5 Å². The Morgan fingerprint density at radius 1 is 1.00 bits per heavy atom. The molecule has 1 N–H and O–H groups in total. The van der Waals surface area contributed by atoms with E-state index in [1.54, 1.807) is 36.0 Å². The average molecular weight is 439 g/mol. The van der Waals surface area contributed by atoms with Gasteiger partial charge in [-0.15, -0.1) is 11.8 Å². The number of nitrogens with one attached hydrogen (secondary N) is 1. The molecule has 1 aliphatic rings. The normalized spacial score (nSPS) is 15.3. The average Bonchev–Trinajstić information content (AvgIpc) is 2.70. The van der Waals surface area contributed by atoms with Crippen molar-refractivity contribution < 1.29 is 13.2 Å². The van der Waals surface area contributed by atoms with Gasteiger partial charge in [-0.1, -0.05) is 18.0 Å². The Bertz CT molecular complexity index is 894. The Morgan fingerprint density at radius 2 is 1.64 bits per heavy atom. The van der Waals surface area contributed by atoms with E-state index in [-0.39, 0.29) is 10.8 Å². The molecule has 28 heavy (non-hydrogen) atoms. The van der Waals surface area contributed by atoms with Crippen LogP contribution in [0.1, 0.15) is 25.7 Å². The summed E-state index contributed by atoms with van der Waals surface area (Å²) >= 11 is 7.44. The molecule has 1 aliphatic heterocycles. The molecule has 0 spiro atoms. The molecule has 2 aromatic rings. The second kappa shape index (κ2) is 9.78. The quantitative estimate of drug-likeness (QED) is 0.639. The zero-order valence-electron chi connectivity index (χ0n) is 15.4. The van der Waals surface area contributed by atoms with E-state index < -0.39 is 10.0 Å². The number of thioether (sulfide) groups is 1. The molecule has 0 aromatic heterocycles. The molecule has 1 amide bonds. The number of piperidine rings is 1. The molecule has 0 aliphatic carbocycles. The minimum atomic E-state index is -3.45. The van der Waals surface area contributed by atoms with Crippen molar-refractivity contribution >= 4 is 45.0 Å². The maximum Gasteiger partial charge on any atom is 0.243 e. The van der Waals surface area contributed by atoms with Crippen LogP contribution < -0.4 is 5.32 Å². The van der Waals surface area contributed by atoms with Gasteiger partial charge in [-0.3, -0.25) is 4.79 Å². The number of rotatable bonds is 7. The lowest BCUT2D eigenvalue weighted by atomic mass is 10.2. The lowest BCUT2D eigenvalue weighted by molar-refractivity contribution is -0.115. The van der Waals surface area contributed by atoms with E-state index in [1.165, 1.54) is 4.31 Å². The van der Waals surface area contributed by atoms with Crippen LogP contribution in [0, 0.1) is 0 Å². The fourth-order valence-electron chi connectivity index (χ4n) is 2.98. The van der Waals surface area contributed by atoms with Gasteiger partial charge in [0.05, 0.1) is 4.90 Å². The molecule has 0 bridgehead atoms. The highest BCUT2D eigenvalue weighted by Crippen LogP contribution is 2.23. The topological polar surface area (TPSA) is 66.5 Å². The lowest BCUT2D eigenvalue weighted by Crippen LogP contribution is -2.35. The summed E-state index contributed by atoms with van der Waals surface area (Å²) in [7, 11) is -3.45. The predicted octanol–water partition coefficient (Wildman–Crippen LogP) is 4.64. The first-order valence-corrected chi connectivity index (χ1v) is 12.0. The third kappa shape index (κ3) is 5.73. The minimum absolute atomic E-state index is 0.104. The standard InChI is InChI=1S/C20H23ClN2O3S2/c21-16-4-8-18(9-5-16)27-15-12-20(24)22-17-6-10-19(11-7-17)28(25,26)23-13-2-1-3-14-23/h4-11H,1-3,12-15H2,(H,22,24). The van der Waals surface area contributed by atoms with Gasteiger partial charge in [0.25, 0.3) is 0 Å². The van der Waals surface area contributed by atoms with Crippen LogP contribution in [-0.2, 0) is 14.8 Å². The molecule has 3 rings (SSSR count). The van der Waals surface area contributed by atoms with Gasteiger partial charge >= 0.3 is 0 Å². The highest BCUT2D eigenvalue weighted by molar-refractivity contribution is 7.99. The number of sulfonamides is 1. The highest BCUT2D eigenvalue weighted by atomic mass is 35.5. The maximum atomic E-state index is 12.6. The summed E-state index contributed by atoms with van der Waals surface area (Å²) in [6.45, 7) is 1.15. The predicted molar refractivity (Wildman–Crippen MR) is 114 cm³/mol. The summed E-state index contributed by atoms with van der Waals surface area (Å²) < 4.78 is 26.8. The third-order valence-corrected chi connectivity index (χ3v) is 7.68. The number of hydrogen-bond acceptors (Lipinski definition) is 4. The molecule has 2 aromatic carbocycles. The van der Waals surface area contributed by atoms with Crippen molar-refractivity contribution in [2.24, 2.45) is 0 Å². The number of hydrogen-bond donors (Lipinski definition) is 1. The summed E-state index contributed by atoms with van der Waals surface area (Å²) in [5, 5.41) is 3.50. The van der Waals surface area contributed by atoms with Gasteiger partial charge in [-0.05, 0) is 61.4 Å². The van der Waals surface area contributed by atoms with Crippen molar-refractivity contribution in [2.75, 3.05) is 24.2 Å². The summed E-state index contributed by atoms with van der Waals surface area (Å²) in [6.07, 6.45) is 3.25. The molecule has 0 unspecified atom stereocenters. The van der Waals surface area contributed by atoms with Gasteiger partial charge in [0, 0.05) is 40.9 Å². The summed E-state index contributed by atoms with van der Waals surface area (Å²) in [6, 6.07) is 13.9. The highest BCUT2D eigenvalue weighted by Gasteiger charge is 2.25. The number of amides is 1. The Balaban J connectivity index is 1.50. The Kier molecular flexibility index (Phi) is 7.40. The van der Waals surface area contributed by atoms with Crippen LogP contribution in [0.4, 0.5) is 5.69 Å². The Hall–Kier alpha value is -1.54. The number of halogens is 1. The summed E-state index contributed by atoms with van der Waals surface area (Å²) in [4.78, 5) is 13.4. The molecule has 5 nitrogen and oxygen atoms in total. The van der Waals surface area contributed by atoms with Gasteiger partial charge in [0.15, 0.2) is 0 Å². The number of benzene rings is 2. The molecule has 0 atom stereocenters. The number of nitrogens with zero attached hydrogens (tertiary/aromatic N) is 1. The van der Waals surface area contributed by atoms with Gasteiger partial charge < -0.3 is 5.32 Å². The second-order valence-electron chi connectivity index (χ2n) is 6.59. The van der Waals surface area contributed by atoms with Crippen LogP contribution in [-0.4, -0.2) is 37.5 Å². The molecule has 150 valence electrons. The first kappa shape index (κ1) is 21.2. The maximum absolute atomic E-state index is 12.6. The van der Waals surface area contributed by atoms with Crippen molar-refractivity contribution in [3.8, 4) is 0 Å². The third-order valence-electron chi connectivity index (χ3n) is 4.50. The van der Waals surface area contributed by atoms with Gasteiger partial charge in [0.2, 0.25) is 15.9 Å². The minimum Gasteiger partial charge on any atom is -0.326 e. The number of carbonyl (C=O) groups is 1. The van der Waals surface area contributed by atoms with Crippen molar-refractivity contribution in [3.05, 3.63) is 53.6 Å². The van der Waals surface area contributed by atoms with Crippen LogP contribution in [0.5, 0.6) is 0 Å². The lowest BCUT2D eigenvalue weighted by Gasteiger charge is -2.25. The van der Waals surface area contributed by atoms with E-state index in [0.29, 0.717) is 36.0 Å². The molecule has 8 heteroatoms. The molecule has 0 radical (unpaired) electrons. The zero-order chi connectivity index (χ0) is 20.0. The van der Waals surface area contributed by atoms with Crippen molar-refractivity contribution in [1.29, 1.82) is 0 Å². The first-order chi connectivity index (χ1) is 13.4. The van der Waals surface area contributed by atoms with Gasteiger partial charge in [0.1, 0.15) is 0 Å². The molecular formula is C20H23ClN2O3S2. The van der Waals surface area contributed by atoms with Gasteiger partial charge in [-0.25, -0.2) is 8.42 Å². The Morgan fingerprint density at radius 3 is 2.29 bits per heavy atom. The molecule has 0 saturated carbocycles. The van der Waals surface area contributed by atoms with E-state index in [2.05, 4.69) is 5.32 Å². The van der Waals surface area contributed by atoms with Gasteiger partial charge in [-0.2, -0.15) is 4.31 Å². The fourth-order valence-corrected chi connectivity index (χ4v) is 5.48. The van der Waals surface area contributed by atoms with E-state index in [1.807, 2.05) is 24.3 Å². The molecule has 1 saturated heterocycles. The SMILES string of the molecule is O=C(CCSc1ccc(Cl)cc1)Nc1ccc(S(=O)(=O)N2CCCCC2)cc1. The number of carbonyl (C=O) groups excluding carboxylic acids is 1. The largest absolute Gasteiger partial charge is 0.326 e. The van der Waals surface area contributed by atoms with Crippen molar-refractivity contribution in [3.63, 3.8) is 0 Å². The smallest absolute Gasteiger partial charge is 0.243 e. The van der Waals surface area contributed by atoms with E-state index in [0.717, 1.165) is 24.2 Å².